The molecule has 0 unspecified atom stereocenters. The van der Waals surface area contributed by atoms with Crippen LogP contribution in [0.1, 0.15) is 6.92 Å². The van der Waals surface area contributed by atoms with E-state index in [9.17, 15) is 36.3 Å². The fourth-order valence-corrected chi connectivity index (χ4v) is 1.89. The third-order valence-electron chi connectivity index (χ3n) is 3.01. The van der Waals surface area contributed by atoms with Gasteiger partial charge in [0.05, 0.1) is 0 Å². The van der Waals surface area contributed by atoms with E-state index in [1.54, 1.807) is 0 Å². The smallest absolute Gasteiger partial charge is 0.421 e. The Balaban J connectivity index is 2.65. The van der Waals surface area contributed by atoms with E-state index in [4.69, 9.17) is 4.42 Å². The van der Waals surface area contributed by atoms with E-state index < -0.39 is 40.1 Å². The van der Waals surface area contributed by atoms with Gasteiger partial charge in [-0.05, 0) is 12.1 Å². The molecule has 0 aliphatic rings. The van der Waals surface area contributed by atoms with Gasteiger partial charge >= 0.3 is 23.6 Å². The molecule has 0 radical (unpaired) electrons. The van der Waals surface area contributed by atoms with E-state index in [2.05, 4.69) is 0 Å². The van der Waals surface area contributed by atoms with Crippen molar-refractivity contribution in [2.45, 2.75) is 19.0 Å². The van der Waals surface area contributed by atoms with Gasteiger partial charge in [-0.1, -0.05) is 18.2 Å². The summed E-state index contributed by atoms with van der Waals surface area (Å²) in [5, 5.41) is 0.126. The SMILES string of the molecule is CC(=O)N(C(=O)C(F)(F)C(F)(F)F)c1cc2ccccc2oc1=O. The van der Waals surface area contributed by atoms with Crippen LogP contribution in [0.2, 0.25) is 0 Å². The molecule has 1 aromatic heterocycles. The van der Waals surface area contributed by atoms with Crippen LogP contribution >= 0.6 is 0 Å². The number of amides is 2. The average molecular weight is 349 g/mol. The lowest BCUT2D eigenvalue weighted by molar-refractivity contribution is -0.268. The van der Waals surface area contributed by atoms with Crippen LogP contribution in [-0.4, -0.2) is 23.9 Å². The van der Waals surface area contributed by atoms with Crippen LogP contribution in [0.5, 0.6) is 0 Å². The Labute approximate surface area is 130 Å². The van der Waals surface area contributed by atoms with Crippen LogP contribution in [0, 0.1) is 0 Å². The first-order valence-corrected chi connectivity index (χ1v) is 6.29. The zero-order chi connectivity index (χ0) is 18.3. The van der Waals surface area contributed by atoms with Gasteiger partial charge in [-0.2, -0.15) is 22.0 Å². The highest BCUT2D eigenvalue weighted by atomic mass is 19.4. The number of para-hydroxylation sites is 1. The molecule has 0 fully saturated rings. The summed E-state index contributed by atoms with van der Waals surface area (Å²) in [5.74, 6) is -10.2. The van der Waals surface area contributed by atoms with E-state index in [1.165, 1.54) is 24.3 Å². The van der Waals surface area contributed by atoms with E-state index in [1.807, 2.05) is 0 Å². The molecule has 0 saturated heterocycles. The lowest BCUT2D eigenvalue weighted by Crippen LogP contribution is -2.54. The molecule has 24 heavy (non-hydrogen) atoms. The van der Waals surface area contributed by atoms with Gasteiger partial charge < -0.3 is 4.42 Å². The second-order valence-corrected chi connectivity index (χ2v) is 4.69. The van der Waals surface area contributed by atoms with Gasteiger partial charge in [-0.25, -0.2) is 9.69 Å². The quantitative estimate of drug-likeness (QED) is 0.618. The molecule has 0 bridgehead atoms. The molecule has 0 atom stereocenters. The topological polar surface area (TPSA) is 67.6 Å². The summed E-state index contributed by atoms with van der Waals surface area (Å²) in [4.78, 5) is 34.4. The van der Waals surface area contributed by atoms with Crippen LogP contribution in [0.3, 0.4) is 0 Å². The Bertz CT molecular complexity index is 871. The lowest BCUT2D eigenvalue weighted by Gasteiger charge is -2.25. The Hall–Kier alpha value is -2.78. The number of imide groups is 1. The lowest BCUT2D eigenvalue weighted by atomic mass is 10.2. The number of alkyl halides is 5. The van der Waals surface area contributed by atoms with Crippen molar-refractivity contribution in [2.24, 2.45) is 0 Å². The Kier molecular flexibility index (Phi) is 4.17. The van der Waals surface area contributed by atoms with Crippen molar-refractivity contribution in [1.29, 1.82) is 0 Å². The molecule has 2 aromatic rings. The highest BCUT2D eigenvalue weighted by Gasteiger charge is 2.65. The monoisotopic (exact) mass is 349 g/mol. The standard InChI is InChI=1S/C14H8F5NO4/c1-7(21)20(12(23)13(15,16)14(17,18)19)9-6-8-4-2-3-5-10(8)24-11(9)22/h2-6H,1H3. The zero-order valence-corrected chi connectivity index (χ0v) is 11.9. The Morgan fingerprint density at radius 1 is 1.08 bits per heavy atom. The summed E-state index contributed by atoms with van der Waals surface area (Å²) in [6.45, 7) is 0.568. The molecule has 2 rings (SSSR count). The molecule has 1 aromatic carbocycles. The maximum atomic E-state index is 13.3. The van der Waals surface area contributed by atoms with Gasteiger partial charge in [0.2, 0.25) is 5.91 Å². The van der Waals surface area contributed by atoms with Crippen molar-refractivity contribution in [3.8, 4) is 0 Å². The summed E-state index contributed by atoms with van der Waals surface area (Å²) < 4.78 is 68.4. The van der Waals surface area contributed by atoms with Gasteiger partial charge in [0.25, 0.3) is 0 Å². The van der Waals surface area contributed by atoms with E-state index in [0.29, 0.717) is 6.92 Å². The maximum Gasteiger partial charge on any atom is 0.463 e. The number of hydrogen-bond acceptors (Lipinski definition) is 4. The van der Waals surface area contributed by atoms with Crippen molar-refractivity contribution in [1.82, 2.24) is 0 Å². The van der Waals surface area contributed by atoms with Crippen molar-refractivity contribution in [2.75, 3.05) is 4.90 Å². The first-order chi connectivity index (χ1) is 11.0. The second kappa shape index (κ2) is 5.69. The first kappa shape index (κ1) is 17.6. The third kappa shape index (κ3) is 2.86. The number of benzene rings is 1. The van der Waals surface area contributed by atoms with Crippen LogP contribution in [-0.2, 0) is 9.59 Å². The number of nitrogens with zero attached hydrogens (tertiary/aromatic N) is 1. The number of rotatable bonds is 2. The molecule has 10 heteroatoms. The number of carbonyl (C=O) groups excluding carboxylic acids is 2. The highest BCUT2D eigenvalue weighted by molar-refractivity contribution is 6.17. The van der Waals surface area contributed by atoms with Gasteiger partial charge in [0.15, 0.2) is 0 Å². The molecule has 2 amide bonds. The van der Waals surface area contributed by atoms with Crippen LogP contribution in [0.15, 0.2) is 39.5 Å². The van der Waals surface area contributed by atoms with Crippen LogP contribution in [0.25, 0.3) is 11.0 Å². The van der Waals surface area contributed by atoms with E-state index in [0.717, 1.165) is 6.07 Å². The zero-order valence-electron chi connectivity index (χ0n) is 11.9. The van der Waals surface area contributed by atoms with Gasteiger partial charge in [0, 0.05) is 12.3 Å². The first-order valence-electron chi connectivity index (χ1n) is 6.29. The Morgan fingerprint density at radius 3 is 2.21 bits per heavy atom. The van der Waals surface area contributed by atoms with Crippen molar-refractivity contribution < 1.29 is 36.0 Å². The maximum absolute atomic E-state index is 13.3. The molecule has 128 valence electrons. The molecule has 0 aliphatic heterocycles. The number of anilines is 1. The van der Waals surface area contributed by atoms with Crippen LogP contribution in [0.4, 0.5) is 27.6 Å². The summed E-state index contributed by atoms with van der Waals surface area (Å²) in [7, 11) is 0. The van der Waals surface area contributed by atoms with Crippen molar-refractivity contribution >= 4 is 28.5 Å². The van der Waals surface area contributed by atoms with Gasteiger partial charge in [0.1, 0.15) is 11.3 Å². The van der Waals surface area contributed by atoms with Gasteiger partial charge in [-0.3, -0.25) is 9.59 Å². The summed E-state index contributed by atoms with van der Waals surface area (Å²) in [5.41, 5.74) is -2.44. The Morgan fingerprint density at radius 2 is 1.67 bits per heavy atom. The molecular formula is C14H8F5NO4. The summed E-state index contributed by atoms with van der Waals surface area (Å²) in [6.07, 6.45) is -6.23. The minimum Gasteiger partial charge on any atom is -0.421 e. The molecule has 0 aliphatic carbocycles. The predicted molar refractivity (Wildman–Crippen MR) is 71.7 cm³/mol. The fourth-order valence-electron chi connectivity index (χ4n) is 1.89. The molecule has 0 saturated carbocycles. The second-order valence-electron chi connectivity index (χ2n) is 4.69. The fraction of sp³-hybridized carbons (Fsp3) is 0.214. The average Bonchev–Trinajstić information content (AvgIpc) is 2.46. The van der Waals surface area contributed by atoms with Gasteiger partial charge in [-0.15, -0.1) is 0 Å². The number of fused-ring (bicyclic) bond motifs is 1. The van der Waals surface area contributed by atoms with E-state index >= 15 is 0 Å². The van der Waals surface area contributed by atoms with Crippen molar-refractivity contribution in [3.63, 3.8) is 0 Å². The minimum atomic E-state index is -6.23. The number of carbonyl (C=O) groups is 2. The predicted octanol–water partition coefficient (Wildman–Crippen LogP) is 2.87. The molecule has 5 nitrogen and oxygen atoms in total. The van der Waals surface area contributed by atoms with E-state index in [-0.39, 0.29) is 11.0 Å². The highest BCUT2D eigenvalue weighted by Crippen LogP contribution is 2.37. The summed E-state index contributed by atoms with van der Waals surface area (Å²) in [6, 6.07) is 6.47. The van der Waals surface area contributed by atoms with Crippen LogP contribution < -0.4 is 10.5 Å². The normalized spacial score (nSPS) is 12.2. The number of halogens is 5. The summed E-state index contributed by atoms with van der Waals surface area (Å²) >= 11 is 0. The number of hydrogen-bond donors (Lipinski definition) is 0. The largest absolute Gasteiger partial charge is 0.463 e. The molecule has 0 spiro atoms. The molecule has 0 N–H and O–H groups in total. The van der Waals surface area contributed by atoms with Crippen molar-refractivity contribution in [3.05, 3.63) is 40.8 Å². The molecular weight excluding hydrogens is 341 g/mol. The minimum absolute atomic E-state index is 0.00443. The third-order valence-corrected chi connectivity index (χ3v) is 3.01. The molecule has 1 heterocycles.